The van der Waals surface area contributed by atoms with Gasteiger partial charge in [-0.25, -0.2) is 0 Å². The van der Waals surface area contributed by atoms with Crippen molar-refractivity contribution in [3.63, 3.8) is 0 Å². The minimum atomic E-state index is -0.475. The summed E-state index contributed by atoms with van der Waals surface area (Å²) in [4.78, 5) is 24.5. The Balaban J connectivity index is 1.96. The fraction of sp³-hybridized carbons (Fsp3) is 0.333. The lowest BCUT2D eigenvalue weighted by atomic mass is 10.1. The SMILES string of the molecule is COc1ccc(C)cc1/C=C/C(=O)NNC(=O)c1ccc(OCCC(C)C)c(OC)c1. The highest BCUT2D eigenvalue weighted by molar-refractivity contribution is 5.98. The minimum absolute atomic E-state index is 0.331. The summed E-state index contributed by atoms with van der Waals surface area (Å²) in [6, 6.07) is 10.5. The molecule has 0 heterocycles. The Morgan fingerprint density at radius 3 is 2.35 bits per heavy atom. The van der Waals surface area contributed by atoms with Gasteiger partial charge in [0.25, 0.3) is 11.8 Å². The first-order valence-corrected chi connectivity index (χ1v) is 10.1. The third kappa shape index (κ3) is 7.37. The summed E-state index contributed by atoms with van der Waals surface area (Å²) in [7, 11) is 3.08. The molecule has 0 spiro atoms. The lowest BCUT2D eigenvalue weighted by Crippen LogP contribution is -2.40. The van der Waals surface area contributed by atoms with E-state index in [-0.39, 0.29) is 0 Å². The summed E-state index contributed by atoms with van der Waals surface area (Å²) in [6.45, 7) is 6.75. The molecular weight excluding hydrogens is 396 g/mol. The van der Waals surface area contributed by atoms with Gasteiger partial charge in [-0.2, -0.15) is 0 Å². The van der Waals surface area contributed by atoms with E-state index in [1.165, 1.54) is 13.2 Å². The number of methoxy groups -OCH3 is 2. The van der Waals surface area contributed by atoms with E-state index in [0.29, 0.717) is 35.3 Å². The van der Waals surface area contributed by atoms with Gasteiger partial charge in [0.2, 0.25) is 0 Å². The van der Waals surface area contributed by atoms with Crippen molar-refractivity contribution in [2.75, 3.05) is 20.8 Å². The molecule has 0 atom stereocenters. The van der Waals surface area contributed by atoms with Crippen LogP contribution in [-0.4, -0.2) is 32.6 Å². The Hall–Kier alpha value is -3.48. The molecule has 2 aromatic rings. The van der Waals surface area contributed by atoms with E-state index in [4.69, 9.17) is 14.2 Å². The van der Waals surface area contributed by atoms with Crippen LogP contribution in [0, 0.1) is 12.8 Å². The summed E-state index contributed by atoms with van der Waals surface area (Å²) in [6.07, 6.45) is 3.86. The molecule has 31 heavy (non-hydrogen) atoms. The van der Waals surface area contributed by atoms with Crippen LogP contribution in [0.4, 0.5) is 0 Å². The van der Waals surface area contributed by atoms with E-state index in [1.807, 2.05) is 25.1 Å². The molecule has 0 fully saturated rings. The van der Waals surface area contributed by atoms with Crippen LogP contribution in [0.2, 0.25) is 0 Å². The number of hydrogen-bond donors (Lipinski definition) is 2. The maximum Gasteiger partial charge on any atom is 0.269 e. The highest BCUT2D eigenvalue weighted by atomic mass is 16.5. The molecule has 0 aliphatic carbocycles. The first-order chi connectivity index (χ1) is 14.8. The highest BCUT2D eigenvalue weighted by Gasteiger charge is 2.12. The number of benzene rings is 2. The molecule has 2 N–H and O–H groups in total. The zero-order valence-electron chi connectivity index (χ0n) is 18.7. The average molecular weight is 427 g/mol. The molecule has 0 bridgehead atoms. The van der Waals surface area contributed by atoms with Gasteiger partial charge in [-0.3, -0.25) is 20.4 Å². The number of aryl methyl sites for hydroxylation is 1. The second-order valence-electron chi connectivity index (χ2n) is 7.42. The standard InChI is InChI=1S/C24H30N2O5/c1-16(2)12-13-31-21-10-7-19(15-22(21)30-5)24(28)26-25-23(27)11-8-18-14-17(3)6-9-20(18)29-4/h6-11,14-16H,12-13H2,1-5H3,(H,25,27)(H,26,28)/b11-8+. The van der Waals surface area contributed by atoms with Crippen LogP contribution < -0.4 is 25.1 Å². The lowest BCUT2D eigenvalue weighted by molar-refractivity contribution is -0.117. The Morgan fingerprint density at radius 1 is 0.968 bits per heavy atom. The number of amides is 2. The Kier molecular flexibility index (Phi) is 8.94. The number of ether oxygens (including phenoxy) is 3. The molecule has 0 unspecified atom stereocenters. The first-order valence-electron chi connectivity index (χ1n) is 10.1. The Morgan fingerprint density at radius 2 is 1.68 bits per heavy atom. The molecule has 7 heteroatoms. The Bertz CT molecular complexity index is 938. The number of carbonyl (C=O) groups is 2. The minimum Gasteiger partial charge on any atom is -0.496 e. The smallest absolute Gasteiger partial charge is 0.269 e. The van der Waals surface area contributed by atoms with Crippen molar-refractivity contribution in [2.45, 2.75) is 27.2 Å². The van der Waals surface area contributed by atoms with E-state index in [9.17, 15) is 9.59 Å². The molecule has 7 nitrogen and oxygen atoms in total. The quantitative estimate of drug-likeness (QED) is 0.469. The second-order valence-corrected chi connectivity index (χ2v) is 7.42. The van der Waals surface area contributed by atoms with Crippen LogP contribution in [0.1, 0.15) is 41.8 Å². The topological polar surface area (TPSA) is 85.9 Å². The summed E-state index contributed by atoms with van der Waals surface area (Å²) in [5.41, 5.74) is 6.89. The molecule has 0 saturated carbocycles. The zero-order valence-corrected chi connectivity index (χ0v) is 18.7. The van der Waals surface area contributed by atoms with Crippen LogP contribution in [-0.2, 0) is 4.79 Å². The molecule has 0 aliphatic heterocycles. The van der Waals surface area contributed by atoms with Gasteiger partial charge in [-0.05, 0) is 55.7 Å². The van der Waals surface area contributed by atoms with Gasteiger partial charge in [0.05, 0.1) is 20.8 Å². The summed E-state index contributed by atoms with van der Waals surface area (Å²) in [5.74, 6) is 1.26. The van der Waals surface area contributed by atoms with Gasteiger partial charge in [0, 0.05) is 17.2 Å². The number of rotatable bonds is 9. The van der Waals surface area contributed by atoms with Crippen LogP contribution in [0.3, 0.4) is 0 Å². The van der Waals surface area contributed by atoms with Crippen molar-refractivity contribution in [1.82, 2.24) is 10.9 Å². The zero-order chi connectivity index (χ0) is 22.8. The number of hydrogen-bond acceptors (Lipinski definition) is 5. The fourth-order valence-corrected chi connectivity index (χ4v) is 2.71. The second kappa shape index (κ2) is 11.6. The summed E-state index contributed by atoms with van der Waals surface area (Å²) < 4.78 is 16.3. The van der Waals surface area contributed by atoms with Gasteiger partial charge >= 0.3 is 0 Å². The van der Waals surface area contributed by atoms with Crippen LogP contribution in [0.25, 0.3) is 6.08 Å². The molecule has 0 saturated heterocycles. The molecule has 2 rings (SSSR count). The maximum absolute atomic E-state index is 12.4. The third-order valence-electron chi connectivity index (χ3n) is 4.48. The van der Waals surface area contributed by atoms with E-state index >= 15 is 0 Å². The van der Waals surface area contributed by atoms with E-state index in [2.05, 4.69) is 24.7 Å². The van der Waals surface area contributed by atoms with Crippen LogP contribution in [0.15, 0.2) is 42.5 Å². The van der Waals surface area contributed by atoms with Crippen LogP contribution >= 0.6 is 0 Å². The largest absolute Gasteiger partial charge is 0.496 e. The van der Waals surface area contributed by atoms with Crippen molar-refractivity contribution >= 4 is 17.9 Å². The first kappa shape index (κ1) is 23.8. The van der Waals surface area contributed by atoms with Crippen LogP contribution in [0.5, 0.6) is 17.2 Å². The van der Waals surface area contributed by atoms with Gasteiger partial charge < -0.3 is 14.2 Å². The van der Waals surface area contributed by atoms with Crippen molar-refractivity contribution in [3.8, 4) is 17.2 Å². The van der Waals surface area contributed by atoms with E-state index in [1.54, 1.807) is 31.4 Å². The van der Waals surface area contributed by atoms with Gasteiger partial charge in [-0.15, -0.1) is 0 Å². The summed E-state index contributed by atoms with van der Waals surface area (Å²) in [5, 5.41) is 0. The van der Waals surface area contributed by atoms with Crippen molar-refractivity contribution in [2.24, 2.45) is 5.92 Å². The van der Waals surface area contributed by atoms with Gasteiger partial charge in [-0.1, -0.05) is 25.5 Å². The normalized spacial score (nSPS) is 10.8. The van der Waals surface area contributed by atoms with E-state index < -0.39 is 11.8 Å². The van der Waals surface area contributed by atoms with E-state index in [0.717, 1.165) is 17.5 Å². The average Bonchev–Trinajstić information content (AvgIpc) is 2.76. The Labute approximate surface area is 183 Å². The third-order valence-corrected chi connectivity index (χ3v) is 4.48. The van der Waals surface area contributed by atoms with Crippen molar-refractivity contribution in [1.29, 1.82) is 0 Å². The van der Waals surface area contributed by atoms with Gasteiger partial charge in [0.1, 0.15) is 5.75 Å². The number of nitrogens with one attached hydrogen (secondary N) is 2. The molecular formula is C24H30N2O5. The van der Waals surface area contributed by atoms with Crippen molar-refractivity contribution in [3.05, 3.63) is 59.2 Å². The number of hydrazine groups is 1. The molecule has 2 aromatic carbocycles. The molecule has 2 amide bonds. The van der Waals surface area contributed by atoms with Crippen molar-refractivity contribution < 1.29 is 23.8 Å². The number of carbonyl (C=O) groups excluding carboxylic acids is 2. The molecule has 0 aliphatic rings. The fourth-order valence-electron chi connectivity index (χ4n) is 2.71. The highest BCUT2D eigenvalue weighted by Crippen LogP contribution is 2.28. The predicted octanol–water partition coefficient (Wildman–Crippen LogP) is 3.91. The summed E-state index contributed by atoms with van der Waals surface area (Å²) >= 11 is 0. The predicted molar refractivity (Wildman–Crippen MR) is 120 cm³/mol. The molecule has 0 aromatic heterocycles. The monoisotopic (exact) mass is 426 g/mol. The van der Waals surface area contributed by atoms with Gasteiger partial charge in [0.15, 0.2) is 11.5 Å². The molecule has 166 valence electrons. The maximum atomic E-state index is 12.4. The lowest BCUT2D eigenvalue weighted by Gasteiger charge is -2.13. The molecule has 0 radical (unpaired) electrons.